The Kier molecular flexibility index (Phi) is 10.7. The molecule has 9 heteroatoms. The Bertz CT molecular complexity index is 866. The molecule has 0 saturated heterocycles. The third kappa shape index (κ3) is 7.57. The van der Waals surface area contributed by atoms with Gasteiger partial charge in [0.1, 0.15) is 5.82 Å². The highest BCUT2D eigenvalue weighted by Crippen LogP contribution is 2.32. The summed E-state index contributed by atoms with van der Waals surface area (Å²) in [5.41, 5.74) is 0.800. The third-order valence-electron chi connectivity index (χ3n) is 6.32. The van der Waals surface area contributed by atoms with Crippen molar-refractivity contribution in [1.82, 2.24) is 25.1 Å². The second kappa shape index (κ2) is 13.7. The second-order valence-corrected chi connectivity index (χ2v) is 9.94. The molecule has 2 aromatic rings. The van der Waals surface area contributed by atoms with Crippen LogP contribution in [0.25, 0.3) is 11.0 Å². The number of anilines is 1. The van der Waals surface area contributed by atoms with Gasteiger partial charge >= 0.3 is 0 Å². The Morgan fingerprint density at radius 1 is 1.18 bits per heavy atom. The van der Waals surface area contributed by atoms with Crippen molar-refractivity contribution >= 4 is 34.5 Å². The maximum atomic E-state index is 12.7. The first-order chi connectivity index (χ1) is 16.2. The average Bonchev–Trinajstić information content (AvgIpc) is 3.24. The number of carbonyl (C=O) groups excluding carboxylic acids is 1. The van der Waals surface area contributed by atoms with Crippen LogP contribution in [0.15, 0.2) is 11.4 Å². The molecular weight excluding hydrogens is 436 g/mol. The molecule has 1 aliphatic carbocycles. The zero-order valence-electron chi connectivity index (χ0n) is 20.4. The van der Waals surface area contributed by atoms with Crippen LogP contribution < -0.4 is 10.6 Å². The summed E-state index contributed by atoms with van der Waals surface area (Å²) < 4.78 is 7.02. The number of methoxy groups -OCH3 is 1. The molecular formula is C24H40N6O2S. The molecule has 33 heavy (non-hydrogen) atoms. The molecule has 0 aliphatic heterocycles. The predicted molar refractivity (Wildman–Crippen MR) is 135 cm³/mol. The van der Waals surface area contributed by atoms with Gasteiger partial charge in [-0.2, -0.15) is 5.10 Å². The number of nitrogens with zero attached hydrogens (tertiary/aromatic N) is 4. The first-order valence-corrected chi connectivity index (χ1v) is 13.5. The molecule has 3 rings (SSSR count). The van der Waals surface area contributed by atoms with E-state index in [1.54, 1.807) is 25.1 Å². The quantitative estimate of drug-likeness (QED) is 0.235. The Hall–Kier alpha value is -1.87. The summed E-state index contributed by atoms with van der Waals surface area (Å²) in [5, 5.41) is 12.7. The van der Waals surface area contributed by atoms with Gasteiger partial charge in [0.2, 0.25) is 5.91 Å². The SMILES string of the molecule is CCCCC1CCC(C(=O)NCCn2ncc3c(NCCOC)nc(SCCC)nc32)CC1. The summed E-state index contributed by atoms with van der Waals surface area (Å²) in [6.07, 6.45) is 11.2. The minimum Gasteiger partial charge on any atom is -0.383 e. The summed E-state index contributed by atoms with van der Waals surface area (Å²) in [7, 11) is 1.68. The number of unbranched alkanes of at least 4 members (excludes halogenated alkanes) is 1. The summed E-state index contributed by atoms with van der Waals surface area (Å²) in [5.74, 6) is 2.92. The van der Waals surface area contributed by atoms with Gasteiger partial charge in [0.25, 0.3) is 0 Å². The van der Waals surface area contributed by atoms with Gasteiger partial charge in [-0.1, -0.05) is 44.9 Å². The highest BCUT2D eigenvalue weighted by molar-refractivity contribution is 7.99. The molecule has 1 saturated carbocycles. The number of carbonyl (C=O) groups is 1. The first-order valence-electron chi connectivity index (χ1n) is 12.5. The molecule has 2 heterocycles. The number of nitrogens with one attached hydrogen (secondary N) is 2. The lowest BCUT2D eigenvalue weighted by molar-refractivity contribution is -0.126. The number of aromatic nitrogens is 4. The van der Waals surface area contributed by atoms with Gasteiger partial charge in [-0.05, 0) is 38.0 Å². The minimum absolute atomic E-state index is 0.160. The molecule has 1 amide bonds. The first kappa shape index (κ1) is 25.7. The maximum absolute atomic E-state index is 12.7. The molecule has 1 fully saturated rings. The van der Waals surface area contributed by atoms with Crippen LogP contribution in [0.1, 0.15) is 65.2 Å². The van der Waals surface area contributed by atoms with E-state index >= 15 is 0 Å². The van der Waals surface area contributed by atoms with Crippen molar-refractivity contribution in [3.63, 3.8) is 0 Å². The van der Waals surface area contributed by atoms with Gasteiger partial charge < -0.3 is 15.4 Å². The van der Waals surface area contributed by atoms with Crippen molar-refractivity contribution < 1.29 is 9.53 Å². The van der Waals surface area contributed by atoms with Crippen LogP contribution in [0.2, 0.25) is 0 Å². The molecule has 0 unspecified atom stereocenters. The number of rotatable bonds is 14. The number of amides is 1. The molecule has 2 aromatic heterocycles. The van der Waals surface area contributed by atoms with Crippen LogP contribution in [0.5, 0.6) is 0 Å². The zero-order valence-corrected chi connectivity index (χ0v) is 21.3. The van der Waals surface area contributed by atoms with Gasteiger partial charge in [0.05, 0.1) is 24.7 Å². The summed E-state index contributed by atoms with van der Waals surface area (Å²) in [6, 6.07) is 0. The predicted octanol–water partition coefficient (Wildman–Crippen LogP) is 4.50. The fourth-order valence-corrected chi connectivity index (χ4v) is 5.09. The van der Waals surface area contributed by atoms with Crippen LogP contribution in [-0.4, -0.2) is 58.2 Å². The minimum atomic E-state index is 0.160. The molecule has 0 bridgehead atoms. The maximum Gasteiger partial charge on any atom is 0.223 e. The van der Waals surface area contributed by atoms with Crippen molar-refractivity contribution in [2.24, 2.45) is 11.8 Å². The van der Waals surface area contributed by atoms with Gasteiger partial charge in [-0.3, -0.25) is 4.79 Å². The lowest BCUT2D eigenvalue weighted by atomic mass is 9.79. The van der Waals surface area contributed by atoms with Gasteiger partial charge in [0.15, 0.2) is 10.8 Å². The largest absolute Gasteiger partial charge is 0.383 e. The van der Waals surface area contributed by atoms with E-state index in [4.69, 9.17) is 9.72 Å². The van der Waals surface area contributed by atoms with E-state index < -0.39 is 0 Å². The number of hydrogen-bond donors (Lipinski definition) is 2. The third-order valence-corrected chi connectivity index (χ3v) is 7.37. The lowest BCUT2D eigenvalue weighted by Gasteiger charge is -2.27. The van der Waals surface area contributed by atoms with Crippen LogP contribution in [0.4, 0.5) is 5.82 Å². The highest BCUT2D eigenvalue weighted by Gasteiger charge is 2.25. The standard InChI is InChI=1S/C24H40N6O2S/c1-4-6-7-18-8-10-19(11-9-18)23(31)26-12-14-30-22-20(17-27-30)21(25-13-15-32-3)28-24(29-22)33-16-5-2/h17-19H,4-16H2,1-3H3,(H,26,31)(H,25,28,29). The molecule has 2 N–H and O–H groups in total. The Labute approximate surface area is 202 Å². The molecule has 1 aliphatic rings. The van der Waals surface area contributed by atoms with Crippen molar-refractivity contribution in [1.29, 1.82) is 0 Å². The molecule has 0 radical (unpaired) electrons. The van der Waals surface area contributed by atoms with Gasteiger partial charge in [0, 0.05) is 31.9 Å². The van der Waals surface area contributed by atoms with Crippen LogP contribution in [0, 0.1) is 11.8 Å². The molecule has 184 valence electrons. The molecule has 8 nitrogen and oxygen atoms in total. The average molecular weight is 477 g/mol. The fourth-order valence-electron chi connectivity index (χ4n) is 4.40. The van der Waals surface area contributed by atoms with Crippen molar-refractivity contribution in [2.75, 3.05) is 37.9 Å². The van der Waals surface area contributed by atoms with Crippen molar-refractivity contribution in [3.05, 3.63) is 6.20 Å². The number of fused-ring (bicyclic) bond motifs is 1. The Balaban J connectivity index is 1.57. The highest BCUT2D eigenvalue weighted by atomic mass is 32.2. The van der Waals surface area contributed by atoms with E-state index in [9.17, 15) is 4.79 Å². The van der Waals surface area contributed by atoms with Crippen LogP contribution in [0.3, 0.4) is 0 Å². The molecule has 0 aromatic carbocycles. The van der Waals surface area contributed by atoms with E-state index in [2.05, 4.69) is 34.6 Å². The number of ether oxygens (including phenoxy) is 1. The Morgan fingerprint density at radius 2 is 2.00 bits per heavy atom. The van der Waals surface area contributed by atoms with E-state index in [1.807, 2.05) is 4.68 Å². The van der Waals surface area contributed by atoms with Gasteiger partial charge in [-0.15, -0.1) is 0 Å². The topological polar surface area (TPSA) is 94.0 Å². The van der Waals surface area contributed by atoms with Crippen LogP contribution >= 0.6 is 11.8 Å². The summed E-state index contributed by atoms with van der Waals surface area (Å²) in [6.45, 7) is 6.81. The monoisotopic (exact) mass is 476 g/mol. The smallest absolute Gasteiger partial charge is 0.223 e. The van der Waals surface area contributed by atoms with Crippen LogP contribution in [-0.2, 0) is 16.1 Å². The van der Waals surface area contributed by atoms with Gasteiger partial charge in [-0.25, -0.2) is 14.6 Å². The van der Waals surface area contributed by atoms with E-state index in [1.165, 1.54) is 32.1 Å². The van der Waals surface area contributed by atoms with Crippen molar-refractivity contribution in [2.45, 2.75) is 76.9 Å². The zero-order chi connectivity index (χ0) is 23.5. The number of thioether (sulfide) groups is 1. The lowest BCUT2D eigenvalue weighted by Crippen LogP contribution is -2.35. The second-order valence-electron chi connectivity index (χ2n) is 8.88. The Morgan fingerprint density at radius 3 is 2.73 bits per heavy atom. The van der Waals surface area contributed by atoms with E-state index in [0.29, 0.717) is 26.2 Å². The van der Waals surface area contributed by atoms with Crippen molar-refractivity contribution in [3.8, 4) is 0 Å². The summed E-state index contributed by atoms with van der Waals surface area (Å²) >= 11 is 1.65. The normalized spacial score (nSPS) is 18.5. The number of hydrogen-bond acceptors (Lipinski definition) is 7. The molecule has 0 spiro atoms. The van der Waals surface area contributed by atoms with E-state index in [-0.39, 0.29) is 11.8 Å². The summed E-state index contributed by atoms with van der Waals surface area (Å²) in [4.78, 5) is 22.1. The van der Waals surface area contributed by atoms with E-state index in [0.717, 1.165) is 52.9 Å². The molecule has 0 atom stereocenters. The fraction of sp³-hybridized carbons (Fsp3) is 0.750.